The second-order valence-corrected chi connectivity index (χ2v) is 8.44. The van der Waals surface area contributed by atoms with E-state index in [4.69, 9.17) is 15.2 Å². The zero-order valence-electron chi connectivity index (χ0n) is 16.2. The van der Waals surface area contributed by atoms with Gasteiger partial charge in [0.25, 0.3) is 0 Å². The molecule has 0 aromatic heterocycles. The van der Waals surface area contributed by atoms with Gasteiger partial charge in [0.2, 0.25) is 10.0 Å². The number of nitrogens with one attached hydrogen (secondary N) is 1. The van der Waals surface area contributed by atoms with Crippen LogP contribution in [0.3, 0.4) is 0 Å². The summed E-state index contributed by atoms with van der Waals surface area (Å²) in [7, 11) is -1.64. The molecule has 154 valence electrons. The van der Waals surface area contributed by atoms with Crippen molar-refractivity contribution in [2.75, 3.05) is 31.3 Å². The highest BCUT2D eigenvalue weighted by Gasteiger charge is 2.14. The molecule has 2 rings (SSSR count). The van der Waals surface area contributed by atoms with Gasteiger partial charge in [-0.25, -0.2) is 8.42 Å². The summed E-state index contributed by atoms with van der Waals surface area (Å²) in [4.78, 5) is 0. The Labute approximate surface area is 166 Å². The van der Waals surface area contributed by atoms with Crippen LogP contribution in [0.1, 0.15) is 23.6 Å². The van der Waals surface area contributed by atoms with Crippen molar-refractivity contribution in [1.29, 1.82) is 0 Å². The van der Waals surface area contributed by atoms with E-state index in [2.05, 4.69) is 4.72 Å². The summed E-state index contributed by atoms with van der Waals surface area (Å²) in [6.07, 6.45) is 1.53. The van der Waals surface area contributed by atoms with E-state index in [9.17, 15) is 13.5 Å². The summed E-state index contributed by atoms with van der Waals surface area (Å²) in [5.41, 5.74) is 8.58. The third-order valence-electron chi connectivity index (χ3n) is 4.13. The molecule has 0 aliphatic carbocycles. The SMILES string of the molecule is COCCc1ccc(OCC(O)CC(N)c2ccc(NS(C)(=O)=O)cc2)cc1. The Morgan fingerprint density at radius 2 is 1.75 bits per heavy atom. The number of nitrogens with two attached hydrogens (primary N) is 1. The van der Waals surface area contributed by atoms with Crippen molar-refractivity contribution in [2.45, 2.75) is 25.0 Å². The Morgan fingerprint density at radius 1 is 1.11 bits per heavy atom. The van der Waals surface area contributed by atoms with Crippen molar-refractivity contribution in [3.63, 3.8) is 0 Å². The van der Waals surface area contributed by atoms with E-state index >= 15 is 0 Å². The summed E-state index contributed by atoms with van der Waals surface area (Å²) in [6, 6.07) is 14.1. The lowest BCUT2D eigenvalue weighted by atomic mass is 10.0. The molecule has 0 spiro atoms. The molecule has 28 heavy (non-hydrogen) atoms. The number of sulfonamides is 1. The number of aliphatic hydroxyl groups is 1. The molecule has 0 aliphatic rings. The van der Waals surface area contributed by atoms with Crippen molar-refractivity contribution in [3.05, 3.63) is 59.7 Å². The van der Waals surface area contributed by atoms with Crippen LogP contribution in [-0.2, 0) is 21.2 Å². The first-order valence-electron chi connectivity index (χ1n) is 8.99. The van der Waals surface area contributed by atoms with Crippen LogP contribution in [0.25, 0.3) is 0 Å². The quantitative estimate of drug-likeness (QED) is 0.525. The summed E-state index contributed by atoms with van der Waals surface area (Å²) < 4.78 is 35.5. The summed E-state index contributed by atoms with van der Waals surface area (Å²) in [6.45, 7) is 0.806. The van der Waals surface area contributed by atoms with E-state index in [0.717, 1.165) is 23.8 Å². The summed E-state index contributed by atoms with van der Waals surface area (Å²) in [5, 5.41) is 10.2. The van der Waals surface area contributed by atoms with Gasteiger partial charge < -0.3 is 20.3 Å². The second kappa shape index (κ2) is 10.4. The monoisotopic (exact) mass is 408 g/mol. The van der Waals surface area contributed by atoms with E-state index in [0.29, 0.717) is 24.5 Å². The molecule has 0 amide bonds. The smallest absolute Gasteiger partial charge is 0.229 e. The molecule has 7 nitrogen and oxygen atoms in total. The van der Waals surface area contributed by atoms with Crippen LogP contribution >= 0.6 is 0 Å². The molecule has 2 atom stereocenters. The van der Waals surface area contributed by atoms with Gasteiger partial charge in [0, 0.05) is 18.8 Å². The van der Waals surface area contributed by atoms with Crippen molar-refractivity contribution in [1.82, 2.24) is 0 Å². The van der Waals surface area contributed by atoms with Crippen molar-refractivity contribution in [2.24, 2.45) is 5.73 Å². The molecule has 0 heterocycles. The average Bonchev–Trinajstić information content (AvgIpc) is 2.65. The lowest BCUT2D eigenvalue weighted by Gasteiger charge is -2.18. The Kier molecular flexibility index (Phi) is 8.25. The number of anilines is 1. The molecule has 2 aromatic carbocycles. The lowest BCUT2D eigenvalue weighted by molar-refractivity contribution is 0.0939. The fraction of sp³-hybridized carbons (Fsp3) is 0.400. The second-order valence-electron chi connectivity index (χ2n) is 6.69. The van der Waals surface area contributed by atoms with Crippen molar-refractivity contribution in [3.8, 4) is 5.75 Å². The number of ether oxygens (including phenoxy) is 2. The number of methoxy groups -OCH3 is 1. The highest BCUT2D eigenvalue weighted by Crippen LogP contribution is 2.20. The first-order valence-corrected chi connectivity index (χ1v) is 10.9. The van der Waals surface area contributed by atoms with E-state index in [-0.39, 0.29) is 12.6 Å². The Hall–Kier alpha value is -2.13. The molecule has 2 aromatic rings. The average molecular weight is 409 g/mol. The molecule has 2 unspecified atom stereocenters. The van der Waals surface area contributed by atoms with Crippen LogP contribution in [0, 0.1) is 0 Å². The largest absolute Gasteiger partial charge is 0.491 e. The van der Waals surface area contributed by atoms with Gasteiger partial charge in [0.15, 0.2) is 0 Å². The van der Waals surface area contributed by atoms with Gasteiger partial charge in [0.1, 0.15) is 12.4 Å². The normalized spacial score (nSPS) is 13.7. The van der Waals surface area contributed by atoms with Crippen molar-refractivity contribution < 1.29 is 23.0 Å². The lowest BCUT2D eigenvalue weighted by Crippen LogP contribution is -2.24. The standard InChI is InChI=1S/C20H28N2O5S/c1-26-12-11-15-3-9-19(10-4-15)27-14-18(23)13-20(21)16-5-7-17(8-6-16)22-28(2,24)25/h3-10,18,20,22-23H,11-14,21H2,1-2H3. The molecule has 0 bridgehead atoms. The minimum absolute atomic E-state index is 0.138. The number of hydrogen-bond acceptors (Lipinski definition) is 6. The third kappa shape index (κ3) is 7.85. The zero-order valence-corrected chi connectivity index (χ0v) is 17.0. The molecular formula is C20H28N2O5S. The fourth-order valence-corrected chi connectivity index (χ4v) is 3.24. The zero-order chi connectivity index (χ0) is 20.6. The number of benzene rings is 2. The number of aliphatic hydroxyl groups excluding tert-OH is 1. The van der Waals surface area contributed by atoms with Crippen LogP contribution in [0.15, 0.2) is 48.5 Å². The van der Waals surface area contributed by atoms with Crippen LogP contribution < -0.4 is 15.2 Å². The van der Waals surface area contributed by atoms with Gasteiger partial charge in [0.05, 0.1) is 19.0 Å². The van der Waals surface area contributed by atoms with Gasteiger partial charge in [-0.2, -0.15) is 0 Å². The summed E-state index contributed by atoms with van der Waals surface area (Å²) >= 11 is 0. The Morgan fingerprint density at radius 3 is 2.32 bits per heavy atom. The predicted octanol–water partition coefficient (Wildman–Crippen LogP) is 2.08. The molecule has 0 saturated carbocycles. The van der Waals surface area contributed by atoms with Gasteiger partial charge in [-0.05, 0) is 48.2 Å². The first-order chi connectivity index (χ1) is 13.3. The number of rotatable bonds is 11. The van der Waals surface area contributed by atoms with E-state index in [1.807, 2.05) is 24.3 Å². The topological polar surface area (TPSA) is 111 Å². The predicted molar refractivity (Wildman–Crippen MR) is 110 cm³/mol. The van der Waals surface area contributed by atoms with Crippen LogP contribution in [0.4, 0.5) is 5.69 Å². The molecule has 0 saturated heterocycles. The van der Waals surface area contributed by atoms with Crippen LogP contribution in [-0.4, -0.2) is 46.2 Å². The molecule has 0 aliphatic heterocycles. The minimum Gasteiger partial charge on any atom is -0.491 e. The molecule has 0 radical (unpaired) electrons. The minimum atomic E-state index is -3.31. The van der Waals surface area contributed by atoms with E-state index in [1.165, 1.54) is 0 Å². The van der Waals surface area contributed by atoms with Crippen molar-refractivity contribution >= 4 is 15.7 Å². The van der Waals surface area contributed by atoms with Gasteiger partial charge in [-0.1, -0.05) is 24.3 Å². The Bertz CT molecular complexity index is 823. The maximum Gasteiger partial charge on any atom is 0.229 e. The molecule has 0 fully saturated rings. The summed E-state index contributed by atoms with van der Waals surface area (Å²) in [5.74, 6) is 0.685. The number of hydrogen-bond donors (Lipinski definition) is 3. The van der Waals surface area contributed by atoms with E-state index in [1.54, 1.807) is 31.4 Å². The molecule has 8 heteroatoms. The third-order valence-corrected chi connectivity index (χ3v) is 4.74. The fourth-order valence-electron chi connectivity index (χ4n) is 2.67. The van der Waals surface area contributed by atoms with Crippen LogP contribution in [0.2, 0.25) is 0 Å². The first kappa shape index (κ1) is 22.2. The van der Waals surface area contributed by atoms with Gasteiger partial charge in [-0.15, -0.1) is 0 Å². The molecular weight excluding hydrogens is 380 g/mol. The van der Waals surface area contributed by atoms with Gasteiger partial charge in [-0.3, -0.25) is 4.72 Å². The maximum absolute atomic E-state index is 11.2. The maximum atomic E-state index is 11.2. The molecule has 4 N–H and O–H groups in total. The highest BCUT2D eigenvalue weighted by atomic mass is 32.2. The Balaban J connectivity index is 1.81. The van der Waals surface area contributed by atoms with Gasteiger partial charge >= 0.3 is 0 Å². The van der Waals surface area contributed by atoms with E-state index < -0.39 is 16.1 Å². The highest BCUT2D eigenvalue weighted by molar-refractivity contribution is 7.92. The van der Waals surface area contributed by atoms with Crippen LogP contribution in [0.5, 0.6) is 5.75 Å².